The maximum atomic E-state index is 11.9. The quantitative estimate of drug-likeness (QED) is 0.568. The van der Waals surface area contributed by atoms with Gasteiger partial charge in [-0.15, -0.1) is 0 Å². The van der Waals surface area contributed by atoms with Gasteiger partial charge in [0, 0.05) is 0 Å². The molecule has 0 aliphatic rings. The number of rotatable bonds is 1. The predicted octanol–water partition coefficient (Wildman–Crippen LogP) is 3.43. The van der Waals surface area contributed by atoms with Gasteiger partial charge in [0.2, 0.25) is 0 Å². The summed E-state index contributed by atoms with van der Waals surface area (Å²) in [7, 11) is 0. The van der Waals surface area contributed by atoms with Crippen molar-refractivity contribution < 1.29 is 13.2 Å². The van der Waals surface area contributed by atoms with Crippen LogP contribution < -0.4 is 0 Å². The first-order valence-corrected chi connectivity index (χ1v) is 2.77. The highest BCUT2D eigenvalue weighted by Gasteiger charge is 2.31. The SMILES string of the molecule is FC(F)=C(Cl)C(F)(Cl)Cl. The van der Waals surface area contributed by atoms with E-state index in [4.69, 9.17) is 0 Å². The average molecular weight is 199 g/mol. The first kappa shape index (κ1) is 9.40. The number of alkyl halides is 3. The van der Waals surface area contributed by atoms with Crippen molar-refractivity contribution in [2.45, 2.75) is 4.59 Å². The Hall–Kier alpha value is 0.400. The van der Waals surface area contributed by atoms with Gasteiger partial charge in [-0.1, -0.05) is 34.8 Å². The molecule has 54 valence electrons. The molecule has 0 saturated heterocycles. The van der Waals surface area contributed by atoms with Crippen molar-refractivity contribution in [1.82, 2.24) is 0 Å². The Morgan fingerprint density at radius 3 is 1.56 bits per heavy atom. The van der Waals surface area contributed by atoms with E-state index < -0.39 is 15.7 Å². The summed E-state index contributed by atoms with van der Waals surface area (Å²) >= 11 is 13.6. The Labute approximate surface area is 64.2 Å². The molecule has 0 bridgehead atoms. The van der Waals surface area contributed by atoms with Crippen molar-refractivity contribution in [3.63, 3.8) is 0 Å². The van der Waals surface area contributed by atoms with Crippen LogP contribution in [0.5, 0.6) is 0 Å². The number of allylic oxidation sites excluding steroid dienone is 1. The molecule has 6 heteroatoms. The van der Waals surface area contributed by atoms with Crippen molar-refractivity contribution in [1.29, 1.82) is 0 Å². The molecule has 0 nitrogen and oxygen atoms in total. The summed E-state index contributed by atoms with van der Waals surface area (Å²) < 4.78 is 31.2. The van der Waals surface area contributed by atoms with E-state index in [1.165, 1.54) is 0 Å². The Balaban J connectivity index is 4.40. The summed E-state index contributed by atoms with van der Waals surface area (Å²) in [5.41, 5.74) is 0. The molecule has 0 N–H and O–H groups in total. The van der Waals surface area contributed by atoms with E-state index >= 15 is 0 Å². The molecule has 0 saturated carbocycles. The lowest BCUT2D eigenvalue weighted by atomic mass is 10.7. The standard InChI is InChI=1S/C3Cl3F3/c4-1(2(7)8)3(5,6)9. The van der Waals surface area contributed by atoms with Gasteiger partial charge >= 0.3 is 0 Å². The maximum absolute atomic E-state index is 11.9. The number of hydrogen-bond donors (Lipinski definition) is 0. The molecule has 0 aromatic carbocycles. The molecule has 0 aliphatic heterocycles. The van der Waals surface area contributed by atoms with Crippen LogP contribution in [0.25, 0.3) is 0 Å². The van der Waals surface area contributed by atoms with Crippen LogP contribution in [0.15, 0.2) is 11.1 Å². The van der Waals surface area contributed by atoms with Crippen molar-refractivity contribution in [2.75, 3.05) is 0 Å². The van der Waals surface area contributed by atoms with Gasteiger partial charge in [0.25, 0.3) is 10.7 Å². The summed E-state index contributed by atoms with van der Waals surface area (Å²) in [6, 6.07) is 0. The summed E-state index contributed by atoms with van der Waals surface area (Å²) in [5, 5.41) is -1.49. The fraction of sp³-hybridized carbons (Fsp3) is 0.333. The zero-order chi connectivity index (χ0) is 7.65. The Kier molecular flexibility index (Phi) is 3.12. The van der Waals surface area contributed by atoms with Crippen molar-refractivity contribution in [2.24, 2.45) is 0 Å². The number of halogens is 6. The summed E-state index contributed by atoms with van der Waals surface area (Å²) in [6.45, 7) is 0. The van der Waals surface area contributed by atoms with E-state index in [9.17, 15) is 13.2 Å². The van der Waals surface area contributed by atoms with E-state index in [2.05, 4.69) is 34.8 Å². The van der Waals surface area contributed by atoms with Crippen LogP contribution in [-0.2, 0) is 0 Å². The molecule has 0 radical (unpaired) electrons. The molecule has 0 aromatic rings. The highest BCUT2D eigenvalue weighted by atomic mass is 35.5. The molecule has 0 atom stereocenters. The fourth-order valence-electron chi connectivity index (χ4n) is 0.107. The zero-order valence-corrected chi connectivity index (χ0v) is 6.04. The molecule has 0 aliphatic carbocycles. The van der Waals surface area contributed by atoms with Crippen LogP contribution in [0, 0.1) is 0 Å². The molecule has 9 heavy (non-hydrogen) atoms. The lowest BCUT2D eigenvalue weighted by Crippen LogP contribution is -2.03. The molecule has 0 heterocycles. The molecule has 0 unspecified atom stereocenters. The summed E-state index contributed by atoms with van der Waals surface area (Å²) in [6.07, 6.45) is -2.43. The van der Waals surface area contributed by atoms with E-state index in [-0.39, 0.29) is 0 Å². The first-order chi connectivity index (χ1) is 3.85. The fourth-order valence-corrected chi connectivity index (χ4v) is 0.250. The molecular formula is C3Cl3F3. The van der Waals surface area contributed by atoms with E-state index in [0.717, 1.165) is 0 Å². The van der Waals surface area contributed by atoms with E-state index in [0.29, 0.717) is 0 Å². The summed E-state index contributed by atoms with van der Waals surface area (Å²) in [5.74, 6) is 0. The van der Waals surface area contributed by atoms with Crippen LogP contribution in [-0.4, -0.2) is 4.59 Å². The van der Waals surface area contributed by atoms with Gasteiger partial charge in [0.1, 0.15) is 0 Å². The van der Waals surface area contributed by atoms with Gasteiger partial charge < -0.3 is 0 Å². The third-order valence-electron chi connectivity index (χ3n) is 0.415. The third kappa shape index (κ3) is 3.18. The van der Waals surface area contributed by atoms with Gasteiger partial charge in [0.15, 0.2) is 5.03 Å². The minimum atomic E-state index is -3.18. The smallest absolute Gasteiger partial charge is 0.201 e. The van der Waals surface area contributed by atoms with Gasteiger partial charge in [-0.3, -0.25) is 0 Å². The van der Waals surface area contributed by atoms with Gasteiger partial charge in [-0.25, -0.2) is 4.39 Å². The van der Waals surface area contributed by atoms with Gasteiger partial charge in [-0.05, 0) is 0 Å². The van der Waals surface area contributed by atoms with Crippen molar-refractivity contribution in [3.05, 3.63) is 11.1 Å². The normalized spacial score (nSPS) is 11.3. The average Bonchev–Trinajstić information content (AvgIpc) is 1.62. The highest BCUT2D eigenvalue weighted by Crippen LogP contribution is 2.36. The van der Waals surface area contributed by atoms with Crippen molar-refractivity contribution >= 4 is 34.8 Å². The zero-order valence-electron chi connectivity index (χ0n) is 3.77. The summed E-state index contributed by atoms with van der Waals surface area (Å²) in [4.78, 5) is 0. The lowest BCUT2D eigenvalue weighted by molar-refractivity contribution is 0.382. The highest BCUT2D eigenvalue weighted by molar-refractivity contribution is 6.54. The Morgan fingerprint density at radius 1 is 1.22 bits per heavy atom. The van der Waals surface area contributed by atoms with E-state index in [1.807, 2.05) is 0 Å². The maximum Gasteiger partial charge on any atom is 0.299 e. The second-order valence-corrected chi connectivity index (χ2v) is 2.69. The topological polar surface area (TPSA) is 0 Å². The second kappa shape index (κ2) is 2.99. The van der Waals surface area contributed by atoms with Gasteiger partial charge in [-0.2, -0.15) is 8.78 Å². The van der Waals surface area contributed by atoms with Gasteiger partial charge in [0.05, 0.1) is 0 Å². The molecule has 0 aromatic heterocycles. The monoisotopic (exact) mass is 198 g/mol. The van der Waals surface area contributed by atoms with Crippen LogP contribution in [0.1, 0.15) is 0 Å². The first-order valence-electron chi connectivity index (χ1n) is 1.63. The molecular weight excluding hydrogens is 199 g/mol. The van der Waals surface area contributed by atoms with Crippen molar-refractivity contribution in [3.8, 4) is 0 Å². The largest absolute Gasteiger partial charge is 0.299 e. The minimum absolute atomic E-state index is 1.49. The third-order valence-corrected chi connectivity index (χ3v) is 1.39. The Bertz CT molecular complexity index is 132. The number of hydrogen-bond acceptors (Lipinski definition) is 0. The minimum Gasteiger partial charge on any atom is -0.201 e. The predicted molar refractivity (Wildman–Crippen MR) is 30.6 cm³/mol. The molecule has 0 spiro atoms. The second-order valence-electron chi connectivity index (χ2n) is 1.07. The molecule has 0 amide bonds. The van der Waals surface area contributed by atoms with E-state index in [1.54, 1.807) is 0 Å². The molecule has 0 rings (SSSR count). The lowest BCUT2D eigenvalue weighted by Gasteiger charge is -2.04. The Morgan fingerprint density at radius 2 is 1.56 bits per heavy atom. The van der Waals surface area contributed by atoms with Crippen LogP contribution in [0.3, 0.4) is 0 Å². The van der Waals surface area contributed by atoms with Crippen LogP contribution >= 0.6 is 34.8 Å². The van der Waals surface area contributed by atoms with Crippen LogP contribution in [0.2, 0.25) is 0 Å². The molecule has 0 fully saturated rings. The van der Waals surface area contributed by atoms with Crippen LogP contribution in [0.4, 0.5) is 13.2 Å².